The summed E-state index contributed by atoms with van der Waals surface area (Å²) in [4.78, 5) is 37.7. The number of hydrogen-bond acceptors (Lipinski definition) is 5. The summed E-state index contributed by atoms with van der Waals surface area (Å²) in [5.41, 5.74) is -4.83. The van der Waals surface area contributed by atoms with Crippen molar-refractivity contribution < 1.29 is 28.6 Å². The fourth-order valence-corrected chi connectivity index (χ4v) is 7.95. The van der Waals surface area contributed by atoms with E-state index in [1.165, 1.54) is 12.2 Å². The van der Waals surface area contributed by atoms with E-state index < -0.39 is 40.1 Å². The number of rotatable bonds is 4. The molecule has 3 saturated carbocycles. The highest BCUT2D eigenvalue weighted by Crippen LogP contribution is 2.71. The number of aliphatic hydroxyl groups excluding tert-OH is 1. The van der Waals surface area contributed by atoms with Gasteiger partial charge in [-0.3, -0.25) is 14.4 Å². The van der Waals surface area contributed by atoms with Crippen molar-refractivity contribution in [1.82, 2.24) is 0 Å². The van der Waals surface area contributed by atoms with Crippen LogP contribution in [0.4, 0.5) is 4.39 Å². The molecule has 0 heterocycles. The Morgan fingerprint density at radius 3 is 2.62 bits per heavy atom. The molecule has 3 fully saturated rings. The molecule has 1 N–H and O–H groups in total. The monoisotopic (exact) mass is 466 g/mol. The van der Waals surface area contributed by atoms with Gasteiger partial charge in [0.05, 0.1) is 12.0 Å². The van der Waals surface area contributed by atoms with Crippen LogP contribution in [0, 0.1) is 28.6 Å². The van der Waals surface area contributed by atoms with Crippen molar-refractivity contribution in [2.75, 3.05) is 5.88 Å². The number of hydrogen-bond donors (Lipinski definition) is 1. The van der Waals surface area contributed by atoms with Crippen LogP contribution in [0.5, 0.6) is 0 Å². The maximum atomic E-state index is 17.2. The van der Waals surface area contributed by atoms with Crippen molar-refractivity contribution in [3.63, 3.8) is 0 Å². The van der Waals surface area contributed by atoms with Gasteiger partial charge in [0.15, 0.2) is 22.8 Å². The maximum Gasteiger partial charge on any atom is 0.306 e. The molecule has 5 nitrogen and oxygen atoms in total. The highest BCUT2D eigenvalue weighted by molar-refractivity contribution is 6.29. The molecule has 176 valence electrons. The molecule has 0 saturated heterocycles. The van der Waals surface area contributed by atoms with E-state index in [2.05, 4.69) is 0 Å². The second-order valence-electron chi connectivity index (χ2n) is 10.5. The number of aliphatic hydroxyl groups is 1. The minimum atomic E-state index is -1.99. The van der Waals surface area contributed by atoms with Crippen molar-refractivity contribution >= 4 is 29.1 Å². The number of carbonyl (C=O) groups excluding carboxylic acids is 3. The lowest BCUT2D eigenvalue weighted by Crippen LogP contribution is -2.70. The van der Waals surface area contributed by atoms with E-state index >= 15 is 4.39 Å². The summed E-state index contributed by atoms with van der Waals surface area (Å²) in [7, 11) is 0. The Hall–Kier alpha value is -1.53. The number of fused-ring (bicyclic) bond motifs is 5. The predicted octanol–water partition coefficient (Wildman–Crippen LogP) is 4.10. The normalized spacial score (nSPS) is 47.2. The van der Waals surface area contributed by atoms with Gasteiger partial charge in [-0.15, -0.1) is 11.6 Å². The van der Waals surface area contributed by atoms with E-state index in [0.29, 0.717) is 24.8 Å². The Balaban J connectivity index is 1.85. The lowest BCUT2D eigenvalue weighted by molar-refractivity contribution is -0.227. The number of ether oxygens (including phenoxy) is 1. The van der Waals surface area contributed by atoms with E-state index in [1.54, 1.807) is 19.9 Å². The average molecular weight is 467 g/mol. The fraction of sp³-hybridized carbons (Fsp3) is 0.720. The van der Waals surface area contributed by atoms with Gasteiger partial charge in [0.25, 0.3) is 0 Å². The third kappa shape index (κ3) is 2.68. The highest BCUT2D eigenvalue weighted by atomic mass is 35.5. The van der Waals surface area contributed by atoms with Crippen LogP contribution in [0.15, 0.2) is 23.8 Å². The van der Waals surface area contributed by atoms with E-state index in [0.717, 1.165) is 0 Å². The number of esters is 1. The van der Waals surface area contributed by atoms with Crippen molar-refractivity contribution in [3.8, 4) is 0 Å². The molecule has 0 aliphatic heterocycles. The van der Waals surface area contributed by atoms with E-state index in [9.17, 15) is 19.5 Å². The topological polar surface area (TPSA) is 80.7 Å². The van der Waals surface area contributed by atoms with Crippen molar-refractivity contribution in [2.24, 2.45) is 28.6 Å². The minimum Gasteiger partial charge on any atom is -0.450 e. The Bertz CT molecular complexity index is 929. The SMILES string of the molecule is CCC(=O)O[C@@]1(C(=O)CCl)[C@@H](C)C[C@H]2[C@@H]3CCC4=CC(=O)C=C[C@]4(C)[C@]3(F)[C@H](O)C[C@@]21C. The summed E-state index contributed by atoms with van der Waals surface area (Å²) >= 11 is 6.01. The molecule has 0 aromatic rings. The fourth-order valence-electron chi connectivity index (χ4n) is 7.75. The van der Waals surface area contributed by atoms with Crippen LogP contribution in [0.1, 0.15) is 59.8 Å². The average Bonchev–Trinajstić information content (AvgIpc) is 2.96. The summed E-state index contributed by atoms with van der Waals surface area (Å²) in [5.74, 6) is -2.57. The standard InChI is InChI=1S/C25H32ClFO5/c1-5-21(31)32-25(20(30)13-26)14(2)10-18-17-7-6-15-11-16(28)8-9-22(15,3)24(17,27)19(29)12-23(18,25)4/h8-9,11,14,17-19,29H,5-7,10,12-13H2,1-4H3/t14-,17-,18-,19+,22-,23-,24+,25+/m0/s1. The second kappa shape index (κ2) is 7.49. The zero-order chi connectivity index (χ0) is 23.7. The van der Waals surface area contributed by atoms with Crippen molar-refractivity contribution in [3.05, 3.63) is 23.8 Å². The van der Waals surface area contributed by atoms with Gasteiger partial charge in [0.2, 0.25) is 0 Å². The second-order valence-corrected chi connectivity index (χ2v) is 10.8. The Kier molecular flexibility index (Phi) is 5.53. The summed E-state index contributed by atoms with van der Waals surface area (Å²) < 4.78 is 23.1. The molecule has 8 atom stereocenters. The summed E-state index contributed by atoms with van der Waals surface area (Å²) in [5, 5.41) is 11.4. The van der Waals surface area contributed by atoms with E-state index in [4.69, 9.17) is 16.3 Å². The Labute approximate surface area is 193 Å². The number of alkyl halides is 2. The van der Waals surface area contributed by atoms with Crippen LogP contribution in [0.3, 0.4) is 0 Å². The molecule has 0 spiro atoms. The Morgan fingerprint density at radius 1 is 1.31 bits per heavy atom. The third-order valence-corrected chi connectivity index (χ3v) is 9.52. The quantitative estimate of drug-likeness (QED) is 0.498. The van der Waals surface area contributed by atoms with Crippen LogP contribution in [-0.4, -0.2) is 45.9 Å². The first-order valence-corrected chi connectivity index (χ1v) is 12.1. The van der Waals surface area contributed by atoms with Gasteiger partial charge in [0, 0.05) is 29.1 Å². The maximum absolute atomic E-state index is 17.2. The zero-order valence-corrected chi connectivity index (χ0v) is 19.9. The molecule has 7 heteroatoms. The Morgan fingerprint density at radius 2 is 2.00 bits per heavy atom. The predicted molar refractivity (Wildman–Crippen MR) is 118 cm³/mol. The van der Waals surface area contributed by atoms with Gasteiger partial charge < -0.3 is 9.84 Å². The molecule has 0 aromatic carbocycles. The minimum absolute atomic E-state index is 0.0285. The van der Waals surface area contributed by atoms with E-state index in [1.807, 2.05) is 13.8 Å². The molecule has 4 aliphatic rings. The molecular formula is C25H32ClFO5. The number of carbonyl (C=O) groups is 3. The molecule has 0 radical (unpaired) electrons. The number of allylic oxidation sites excluding steroid dienone is 4. The first-order valence-electron chi connectivity index (χ1n) is 11.5. The molecule has 32 heavy (non-hydrogen) atoms. The smallest absolute Gasteiger partial charge is 0.306 e. The van der Waals surface area contributed by atoms with E-state index in [-0.39, 0.29) is 42.1 Å². The largest absolute Gasteiger partial charge is 0.450 e. The summed E-state index contributed by atoms with van der Waals surface area (Å²) in [6.45, 7) is 7.13. The molecule has 0 amide bonds. The first-order chi connectivity index (χ1) is 14.9. The third-order valence-electron chi connectivity index (χ3n) is 9.28. The summed E-state index contributed by atoms with van der Waals surface area (Å²) in [6.07, 6.45) is 4.67. The number of Topliss-reactive ketones (excluding diaryl/α,β-unsaturated/α-hetero) is 1. The summed E-state index contributed by atoms with van der Waals surface area (Å²) in [6, 6.07) is 0. The highest BCUT2D eigenvalue weighted by Gasteiger charge is 2.77. The van der Waals surface area contributed by atoms with Gasteiger partial charge in [0.1, 0.15) is 0 Å². The first kappa shape index (κ1) is 23.6. The van der Waals surface area contributed by atoms with Crippen molar-refractivity contribution in [2.45, 2.75) is 77.2 Å². The van der Waals surface area contributed by atoms with Gasteiger partial charge >= 0.3 is 5.97 Å². The molecule has 4 rings (SSSR count). The number of ketones is 2. The molecular weight excluding hydrogens is 435 g/mol. The van der Waals surface area contributed by atoms with Gasteiger partial charge in [-0.2, -0.15) is 0 Å². The van der Waals surface area contributed by atoms with Gasteiger partial charge in [-0.05, 0) is 50.7 Å². The lowest BCUT2D eigenvalue weighted by Gasteiger charge is -2.62. The molecule has 0 unspecified atom stereocenters. The number of halogens is 2. The molecule has 0 bridgehead atoms. The van der Waals surface area contributed by atoms with Crippen LogP contribution in [-0.2, 0) is 19.1 Å². The molecule has 4 aliphatic carbocycles. The van der Waals surface area contributed by atoms with Crippen LogP contribution in [0.25, 0.3) is 0 Å². The van der Waals surface area contributed by atoms with Crippen LogP contribution >= 0.6 is 11.6 Å². The van der Waals surface area contributed by atoms with Gasteiger partial charge in [-0.25, -0.2) is 4.39 Å². The van der Waals surface area contributed by atoms with Crippen LogP contribution in [0.2, 0.25) is 0 Å². The van der Waals surface area contributed by atoms with Crippen LogP contribution < -0.4 is 0 Å². The lowest BCUT2D eigenvalue weighted by atomic mass is 9.44. The zero-order valence-electron chi connectivity index (χ0n) is 19.1. The van der Waals surface area contributed by atoms with Gasteiger partial charge in [-0.1, -0.05) is 32.4 Å². The van der Waals surface area contributed by atoms with Crippen molar-refractivity contribution in [1.29, 1.82) is 0 Å². The molecule has 0 aromatic heterocycles.